The molecule has 4 heteroatoms. The van der Waals surface area contributed by atoms with E-state index in [-0.39, 0.29) is 0 Å². The molecule has 0 N–H and O–H groups in total. The van der Waals surface area contributed by atoms with Gasteiger partial charge in [0.2, 0.25) is 0 Å². The summed E-state index contributed by atoms with van der Waals surface area (Å²) in [7, 11) is 1.19. The molecule has 1 rings (SSSR count). The third-order valence-corrected chi connectivity index (χ3v) is 2.20. The van der Waals surface area contributed by atoms with Crippen LogP contribution in [-0.2, 0) is 9.53 Å². The number of esters is 1. The number of halogens is 1. The van der Waals surface area contributed by atoms with Crippen LogP contribution in [0.15, 0.2) is 24.3 Å². The Kier molecular flexibility index (Phi) is 3.41. The van der Waals surface area contributed by atoms with Gasteiger partial charge >= 0.3 is 5.97 Å². The summed E-state index contributed by atoms with van der Waals surface area (Å²) in [4.78, 5) is 22.0. The number of hydrogen-bond acceptors (Lipinski definition) is 3. The van der Waals surface area contributed by atoms with Crippen LogP contribution < -0.4 is 0 Å². The van der Waals surface area contributed by atoms with Crippen molar-refractivity contribution in [3.63, 3.8) is 0 Å². The molecule has 0 amide bonds. The summed E-state index contributed by atoms with van der Waals surface area (Å²) in [5.41, 5.74) is 0.354. The fourth-order valence-corrected chi connectivity index (χ4v) is 1.17. The summed E-state index contributed by atoms with van der Waals surface area (Å²) in [6.45, 7) is 0. The molecule has 13 heavy (non-hydrogen) atoms. The van der Waals surface area contributed by atoms with Crippen molar-refractivity contribution < 1.29 is 14.3 Å². The normalized spacial score (nSPS) is 9.38. The Labute approximate surface area is 89.2 Å². The third-order valence-electron chi connectivity index (χ3n) is 1.48. The van der Waals surface area contributed by atoms with Crippen molar-refractivity contribution >= 4 is 34.3 Å². The summed E-state index contributed by atoms with van der Waals surface area (Å²) < 4.78 is 5.32. The minimum absolute atomic E-state index is 0.354. The molecule has 0 bridgehead atoms. The molecule has 3 nitrogen and oxygen atoms in total. The third kappa shape index (κ3) is 2.51. The number of carbonyl (C=O) groups is 2. The van der Waals surface area contributed by atoms with E-state index in [4.69, 9.17) is 0 Å². The fraction of sp³-hybridized carbons (Fsp3) is 0.111. The zero-order valence-corrected chi connectivity index (χ0v) is 9.07. The van der Waals surface area contributed by atoms with Crippen molar-refractivity contribution in [1.82, 2.24) is 0 Å². The van der Waals surface area contributed by atoms with Gasteiger partial charge in [0.05, 0.1) is 7.11 Å². The zero-order valence-electron chi connectivity index (χ0n) is 6.91. The van der Waals surface area contributed by atoms with Gasteiger partial charge in [-0.1, -0.05) is 0 Å². The van der Waals surface area contributed by atoms with E-state index in [1.807, 2.05) is 0 Å². The van der Waals surface area contributed by atoms with E-state index in [9.17, 15) is 9.59 Å². The maximum atomic E-state index is 11.2. The van der Waals surface area contributed by atoms with Crippen LogP contribution in [0.4, 0.5) is 0 Å². The lowest BCUT2D eigenvalue weighted by atomic mass is 10.1. The Balaban J connectivity index is 2.90. The molecule has 0 unspecified atom stereocenters. The van der Waals surface area contributed by atoms with Crippen LogP contribution in [0.5, 0.6) is 0 Å². The molecule has 1 aromatic rings. The van der Waals surface area contributed by atoms with Gasteiger partial charge < -0.3 is 4.74 Å². The second-order valence-corrected chi connectivity index (χ2v) is 3.57. The molecular formula is C9H7IO3. The van der Waals surface area contributed by atoms with Gasteiger partial charge in [-0.05, 0) is 46.9 Å². The van der Waals surface area contributed by atoms with E-state index in [1.165, 1.54) is 7.11 Å². The van der Waals surface area contributed by atoms with E-state index in [1.54, 1.807) is 24.3 Å². The molecule has 0 radical (unpaired) electrons. The van der Waals surface area contributed by atoms with E-state index < -0.39 is 11.8 Å². The summed E-state index contributed by atoms with van der Waals surface area (Å²) >= 11 is 2.12. The van der Waals surface area contributed by atoms with Crippen LogP contribution in [0.25, 0.3) is 0 Å². The highest BCUT2D eigenvalue weighted by Crippen LogP contribution is 2.07. The molecule has 0 fully saturated rings. The monoisotopic (exact) mass is 290 g/mol. The SMILES string of the molecule is COC(=O)C(=O)c1ccc(I)cc1. The number of hydrogen-bond donors (Lipinski definition) is 0. The van der Waals surface area contributed by atoms with E-state index in [0.29, 0.717) is 5.56 Å². The van der Waals surface area contributed by atoms with Crippen LogP contribution in [0.2, 0.25) is 0 Å². The fourth-order valence-electron chi connectivity index (χ4n) is 0.812. The molecular weight excluding hydrogens is 283 g/mol. The maximum Gasteiger partial charge on any atom is 0.379 e. The van der Waals surface area contributed by atoms with Crippen LogP contribution in [0.3, 0.4) is 0 Å². The highest BCUT2D eigenvalue weighted by atomic mass is 127. The van der Waals surface area contributed by atoms with Gasteiger partial charge in [-0.25, -0.2) is 4.79 Å². The Morgan fingerprint density at radius 2 is 1.77 bits per heavy atom. The second kappa shape index (κ2) is 4.36. The van der Waals surface area contributed by atoms with Crippen molar-refractivity contribution in [3.8, 4) is 0 Å². The molecule has 68 valence electrons. The van der Waals surface area contributed by atoms with Crippen molar-refractivity contribution in [1.29, 1.82) is 0 Å². The topological polar surface area (TPSA) is 43.4 Å². The molecule has 0 spiro atoms. The number of ketones is 1. The average Bonchev–Trinajstić information content (AvgIpc) is 2.17. The van der Waals surface area contributed by atoms with Gasteiger partial charge in [-0.15, -0.1) is 0 Å². The van der Waals surface area contributed by atoms with Crippen LogP contribution in [-0.4, -0.2) is 18.9 Å². The highest BCUT2D eigenvalue weighted by molar-refractivity contribution is 14.1. The predicted octanol–water partition coefficient (Wildman–Crippen LogP) is 1.65. The number of Topliss-reactive ketones (excluding diaryl/α,β-unsaturated/α-hetero) is 1. The van der Waals surface area contributed by atoms with Gasteiger partial charge in [-0.2, -0.15) is 0 Å². The smallest absolute Gasteiger partial charge is 0.379 e. The van der Waals surface area contributed by atoms with E-state index in [0.717, 1.165) is 3.57 Å². The zero-order chi connectivity index (χ0) is 9.84. The molecule has 0 saturated heterocycles. The van der Waals surface area contributed by atoms with Crippen LogP contribution >= 0.6 is 22.6 Å². The van der Waals surface area contributed by atoms with Gasteiger partial charge in [0.25, 0.3) is 5.78 Å². The van der Waals surface area contributed by atoms with E-state index >= 15 is 0 Å². The minimum atomic E-state index is -0.832. The molecule has 0 saturated carbocycles. The molecule has 0 aliphatic heterocycles. The first-order valence-electron chi connectivity index (χ1n) is 3.53. The Bertz CT molecular complexity index is 329. The minimum Gasteiger partial charge on any atom is -0.463 e. The van der Waals surface area contributed by atoms with Gasteiger partial charge in [0.1, 0.15) is 0 Å². The molecule has 0 aliphatic rings. The van der Waals surface area contributed by atoms with Gasteiger partial charge in [0.15, 0.2) is 0 Å². The first-order chi connectivity index (χ1) is 6.15. The highest BCUT2D eigenvalue weighted by Gasteiger charge is 2.15. The van der Waals surface area contributed by atoms with Gasteiger partial charge in [-0.3, -0.25) is 4.79 Å². The summed E-state index contributed by atoms with van der Waals surface area (Å²) in [5.74, 6) is -1.44. The van der Waals surface area contributed by atoms with Crippen molar-refractivity contribution in [2.75, 3.05) is 7.11 Å². The number of carbonyl (C=O) groups excluding carboxylic acids is 2. The Morgan fingerprint density at radius 1 is 1.23 bits per heavy atom. The second-order valence-electron chi connectivity index (χ2n) is 2.33. The van der Waals surface area contributed by atoms with Crippen LogP contribution in [0.1, 0.15) is 10.4 Å². The number of ether oxygens (including phenoxy) is 1. The largest absolute Gasteiger partial charge is 0.463 e. The molecule has 0 aromatic heterocycles. The summed E-state index contributed by atoms with van der Waals surface area (Å²) in [6.07, 6.45) is 0. The first kappa shape index (κ1) is 10.2. The quantitative estimate of drug-likeness (QED) is 0.360. The first-order valence-corrected chi connectivity index (χ1v) is 4.61. The number of methoxy groups -OCH3 is 1. The molecule has 0 atom stereocenters. The lowest BCUT2D eigenvalue weighted by Gasteiger charge is -1.98. The maximum absolute atomic E-state index is 11.2. The van der Waals surface area contributed by atoms with Gasteiger partial charge in [0, 0.05) is 9.13 Å². The van der Waals surface area contributed by atoms with Crippen molar-refractivity contribution in [3.05, 3.63) is 33.4 Å². The van der Waals surface area contributed by atoms with Crippen molar-refractivity contribution in [2.45, 2.75) is 0 Å². The molecule has 0 heterocycles. The standard InChI is InChI=1S/C9H7IO3/c1-13-9(12)8(11)6-2-4-7(10)5-3-6/h2-5H,1H3. The van der Waals surface area contributed by atoms with Crippen molar-refractivity contribution in [2.24, 2.45) is 0 Å². The predicted molar refractivity (Wildman–Crippen MR) is 55.5 cm³/mol. The summed E-state index contributed by atoms with van der Waals surface area (Å²) in [6, 6.07) is 6.72. The number of rotatable bonds is 2. The molecule has 0 aliphatic carbocycles. The molecule has 1 aromatic carbocycles. The Hall–Kier alpha value is -0.910. The lowest BCUT2D eigenvalue weighted by Crippen LogP contribution is -2.15. The number of benzene rings is 1. The average molecular weight is 290 g/mol. The Morgan fingerprint density at radius 3 is 2.23 bits per heavy atom. The lowest BCUT2D eigenvalue weighted by molar-refractivity contribution is -0.135. The van der Waals surface area contributed by atoms with Crippen LogP contribution in [0, 0.1) is 3.57 Å². The summed E-state index contributed by atoms with van der Waals surface area (Å²) in [5, 5.41) is 0. The van der Waals surface area contributed by atoms with E-state index in [2.05, 4.69) is 27.3 Å².